The van der Waals surface area contributed by atoms with Crippen LogP contribution in [0.4, 0.5) is 0 Å². The van der Waals surface area contributed by atoms with Crippen molar-refractivity contribution in [3.63, 3.8) is 0 Å². The van der Waals surface area contributed by atoms with Crippen molar-refractivity contribution in [3.05, 3.63) is 57.8 Å². The van der Waals surface area contributed by atoms with Crippen LogP contribution in [-0.2, 0) is 10.5 Å². The highest BCUT2D eigenvalue weighted by Gasteiger charge is 2.28. The number of hydrogen-bond acceptors (Lipinski definition) is 4. The number of benzene rings is 1. The summed E-state index contributed by atoms with van der Waals surface area (Å²) >= 11 is 3.26. The van der Waals surface area contributed by atoms with Crippen LogP contribution < -0.4 is 5.32 Å². The quantitative estimate of drug-likeness (QED) is 0.810. The number of nitrogens with one attached hydrogen (secondary N) is 1. The summed E-state index contributed by atoms with van der Waals surface area (Å²) in [6, 6.07) is 13.7. The van der Waals surface area contributed by atoms with Crippen LogP contribution in [0.1, 0.15) is 42.8 Å². The zero-order valence-corrected chi connectivity index (χ0v) is 15.8. The predicted molar refractivity (Wildman–Crippen MR) is 102 cm³/mol. The van der Waals surface area contributed by atoms with E-state index >= 15 is 0 Å². The molecule has 5 heteroatoms. The Bertz CT molecular complexity index is 694. The number of amides is 1. The van der Waals surface area contributed by atoms with Gasteiger partial charge in [0.05, 0.1) is 23.4 Å². The second-order valence-corrected chi connectivity index (χ2v) is 8.65. The summed E-state index contributed by atoms with van der Waals surface area (Å²) in [5.74, 6) is 1.25. The van der Waals surface area contributed by atoms with E-state index in [4.69, 9.17) is 5.26 Å². The second kappa shape index (κ2) is 8.36. The van der Waals surface area contributed by atoms with Gasteiger partial charge in [-0.1, -0.05) is 39.0 Å². The first-order valence-corrected chi connectivity index (χ1v) is 9.83. The number of hydrogen-bond donors (Lipinski definition) is 1. The Kier molecular flexibility index (Phi) is 6.47. The monoisotopic (exact) mass is 358 g/mol. The van der Waals surface area contributed by atoms with Crippen molar-refractivity contribution in [1.82, 2.24) is 5.32 Å². The Morgan fingerprint density at radius 2 is 2.00 bits per heavy atom. The van der Waals surface area contributed by atoms with E-state index < -0.39 is 0 Å². The minimum atomic E-state index is -0.0295. The molecule has 0 aliphatic heterocycles. The van der Waals surface area contributed by atoms with Gasteiger partial charge in [0.1, 0.15) is 0 Å². The number of nitrogens with zero attached hydrogens (tertiary/aromatic N) is 1. The lowest BCUT2D eigenvalue weighted by atomic mass is 9.86. The van der Waals surface area contributed by atoms with Gasteiger partial charge in [-0.2, -0.15) is 5.26 Å². The molecule has 1 amide bonds. The lowest BCUT2D eigenvalue weighted by molar-refractivity contribution is -0.120. The molecule has 0 bridgehead atoms. The molecule has 0 aliphatic carbocycles. The fourth-order valence-corrected chi connectivity index (χ4v) is 4.13. The molecule has 126 valence electrons. The molecule has 1 heterocycles. The van der Waals surface area contributed by atoms with Gasteiger partial charge in [0.15, 0.2) is 0 Å². The van der Waals surface area contributed by atoms with Gasteiger partial charge in [-0.05, 0) is 34.6 Å². The van der Waals surface area contributed by atoms with Crippen LogP contribution in [-0.4, -0.2) is 11.7 Å². The van der Waals surface area contributed by atoms with Gasteiger partial charge in [-0.15, -0.1) is 23.1 Å². The highest BCUT2D eigenvalue weighted by atomic mass is 32.2. The molecule has 0 saturated carbocycles. The van der Waals surface area contributed by atoms with Crippen LogP contribution in [0.5, 0.6) is 0 Å². The summed E-state index contributed by atoms with van der Waals surface area (Å²) in [4.78, 5) is 13.5. The van der Waals surface area contributed by atoms with E-state index in [0.717, 1.165) is 11.3 Å². The third kappa shape index (κ3) is 5.40. The van der Waals surface area contributed by atoms with Gasteiger partial charge in [-0.25, -0.2) is 0 Å². The molecular formula is C19H22N2OS2. The standard InChI is InChI=1S/C19H22N2OS2/c1-19(2,3)18(16-5-4-10-24-16)21-17(22)13-23-12-15-8-6-14(11-20)7-9-15/h4-10,18H,12-13H2,1-3H3,(H,21,22). The maximum atomic E-state index is 12.3. The van der Waals surface area contributed by atoms with Crippen molar-refractivity contribution in [3.8, 4) is 6.07 Å². The van der Waals surface area contributed by atoms with Gasteiger partial charge < -0.3 is 5.32 Å². The molecule has 24 heavy (non-hydrogen) atoms. The van der Waals surface area contributed by atoms with Crippen molar-refractivity contribution < 1.29 is 4.79 Å². The molecule has 0 radical (unpaired) electrons. The van der Waals surface area contributed by atoms with Crippen LogP contribution in [0.15, 0.2) is 41.8 Å². The number of carbonyl (C=O) groups excluding carboxylic acids is 1. The molecule has 3 nitrogen and oxygen atoms in total. The van der Waals surface area contributed by atoms with E-state index in [0.29, 0.717) is 11.3 Å². The average Bonchev–Trinajstić information content (AvgIpc) is 3.06. The molecular weight excluding hydrogens is 336 g/mol. The largest absolute Gasteiger partial charge is 0.347 e. The van der Waals surface area contributed by atoms with Crippen LogP contribution >= 0.6 is 23.1 Å². The van der Waals surface area contributed by atoms with Crippen molar-refractivity contribution >= 4 is 29.0 Å². The summed E-state index contributed by atoms with van der Waals surface area (Å²) in [5.41, 5.74) is 1.75. The fourth-order valence-electron chi connectivity index (χ4n) is 2.31. The van der Waals surface area contributed by atoms with Gasteiger partial charge in [0, 0.05) is 10.6 Å². The van der Waals surface area contributed by atoms with E-state index in [-0.39, 0.29) is 17.4 Å². The van der Waals surface area contributed by atoms with Crippen molar-refractivity contribution in [1.29, 1.82) is 5.26 Å². The van der Waals surface area contributed by atoms with Crippen molar-refractivity contribution in [2.75, 3.05) is 5.75 Å². The van der Waals surface area contributed by atoms with E-state index in [1.54, 1.807) is 23.1 Å². The fraction of sp³-hybridized carbons (Fsp3) is 0.368. The lowest BCUT2D eigenvalue weighted by Crippen LogP contribution is -2.37. The Hall–Kier alpha value is -1.77. The highest BCUT2D eigenvalue weighted by Crippen LogP contribution is 2.35. The lowest BCUT2D eigenvalue weighted by Gasteiger charge is -2.30. The van der Waals surface area contributed by atoms with Crippen molar-refractivity contribution in [2.24, 2.45) is 5.41 Å². The Morgan fingerprint density at radius 1 is 1.29 bits per heavy atom. The number of carbonyl (C=O) groups is 1. The zero-order valence-electron chi connectivity index (χ0n) is 14.2. The molecule has 2 rings (SSSR count). The number of thiophene rings is 1. The smallest absolute Gasteiger partial charge is 0.230 e. The van der Waals surface area contributed by atoms with Gasteiger partial charge >= 0.3 is 0 Å². The maximum absolute atomic E-state index is 12.3. The first-order valence-electron chi connectivity index (χ1n) is 7.79. The van der Waals surface area contributed by atoms with Crippen LogP contribution in [0.25, 0.3) is 0 Å². The van der Waals surface area contributed by atoms with Gasteiger partial charge in [0.2, 0.25) is 5.91 Å². The predicted octanol–water partition coefficient (Wildman–Crippen LogP) is 4.76. The Labute approximate surface area is 152 Å². The van der Waals surface area contributed by atoms with Gasteiger partial charge in [0.25, 0.3) is 0 Å². The number of nitriles is 1. The molecule has 1 unspecified atom stereocenters. The third-order valence-corrected chi connectivity index (χ3v) is 5.52. The average molecular weight is 359 g/mol. The number of rotatable bonds is 6. The zero-order chi connectivity index (χ0) is 17.6. The summed E-state index contributed by atoms with van der Waals surface area (Å²) in [6.07, 6.45) is 0. The minimum Gasteiger partial charge on any atom is -0.347 e. The first kappa shape index (κ1) is 18.6. The molecule has 0 aliphatic rings. The highest BCUT2D eigenvalue weighted by molar-refractivity contribution is 7.99. The second-order valence-electron chi connectivity index (χ2n) is 6.68. The third-order valence-electron chi connectivity index (χ3n) is 3.58. The van der Waals surface area contributed by atoms with E-state index in [1.165, 1.54) is 4.88 Å². The summed E-state index contributed by atoms with van der Waals surface area (Å²) < 4.78 is 0. The SMILES string of the molecule is CC(C)(C)C(NC(=O)CSCc1ccc(C#N)cc1)c1cccs1. The molecule has 1 atom stereocenters. The Morgan fingerprint density at radius 3 is 2.54 bits per heavy atom. The van der Waals surface area contributed by atoms with Crippen LogP contribution in [0.3, 0.4) is 0 Å². The molecule has 1 aromatic carbocycles. The maximum Gasteiger partial charge on any atom is 0.230 e. The first-order chi connectivity index (χ1) is 11.4. The van der Waals surface area contributed by atoms with Crippen molar-refractivity contribution in [2.45, 2.75) is 32.6 Å². The topological polar surface area (TPSA) is 52.9 Å². The molecule has 2 aromatic rings. The molecule has 0 spiro atoms. The van der Waals surface area contributed by atoms with Gasteiger partial charge in [-0.3, -0.25) is 4.79 Å². The van der Waals surface area contributed by atoms with E-state index in [2.05, 4.69) is 38.2 Å². The molecule has 0 fully saturated rings. The number of thioether (sulfide) groups is 1. The summed E-state index contributed by atoms with van der Waals surface area (Å²) in [7, 11) is 0. The molecule has 1 N–H and O–H groups in total. The van der Waals surface area contributed by atoms with Crippen LogP contribution in [0, 0.1) is 16.7 Å². The summed E-state index contributed by atoms with van der Waals surface area (Å²) in [5, 5.41) is 14.0. The normalized spacial score (nSPS) is 12.4. The van der Waals surface area contributed by atoms with E-state index in [1.807, 2.05) is 35.7 Å². The summed E-state index contributed by atoms with van der Waals surface area (Å²) in [6.45, 7) is 6.42. The Balaban J connectivity index is 1.86. The minimum absolute atomic E-state index is 0.0283. The van der Waals surface area contributed by atoms with E-state index in [9.17, 15) is 4.79 Å². The molecule has 0 saturated heterocycles. The molecule has 1 aromatic heterocycles. The van der Waals surface area contributed by atoms with Crippen LogP contribution in [0.2, 0.25) is 0 Å².